The molecule has 0 bridgehead atoms. The van der Waals surface area contributed by atoms with Gasteiger partial charge in [-0.25, -0.2) is 13.6 Å². The summed E-state index contributed by atoms with van der Waals surface area (Å²) in [6, 6.07) is 11.0. The Morgan fingerprint density at radius 3 is 1.88 bits per heavy atom. The average Bonchev–Trinajstić information content (AvgIpc) is 2.60. The van der Waals surface area contributed by atoms with Gasteiger partial charge in [-0.3, -0.25) is 9.80 Å². The molecule has 0 unspecified atom stereocenters. The Kier molecular flexibility index (Phi) is 5.40. The lowest BCUT2D eigenvalue weighted by Gasteiger charge is -2.34. The summed E-state index contributed by atoms with van der Waals surface area (Å²) in [5.41, 5.74) is 2.15. The number of piperazine rings is 1. The van der Waals surface area contributed by atoms with Crippen molar-refractivity contribution in [3.8, 4) is 0 Å². The monoisotopic (exact) mass is 346 g/mol. The summed E-state index contributed by atoms with van der Waals surface area (Å²) < 4.78 is 26.3. The second kappa shape index (κ2) is 7.72. The predicted octanol–water partition coefficient (Wildman–Crippen LogP) is 2.98. The number of hydrogen-bond donors (Lipinski definition) is 1. The average molecular weight is 346 g/mol. The third-order valence-electron chi connectivity index (χ3n) is 4.46. The normalized spacial score (nSPS) is 16.1. The van der Waals surface area contributed by atoms with Crippen LogP contribution in [-0.4, -0.2) is 47.1 Å². The van der Waals surface area contributed by atoms with Gasteiger partial charge in [0.25, 0.3) is 0 Å². The first-order valence-corrected chi connectivity index (χ1v) is 8.22. The van der Waals surface area contributed by atoms with E-state index >= 15 is 0 Å². The summed E-state index contributed by atoms with van der Waals surface area (Å²) in [6.45, 7) is 4.85. The van der Waals surface area contributed by atoms with E-state index in [0.717, 1.165) is 43.9 Å². The van der Waals surface area contributed by atoms with Crippen LogP contribution in [0, 0.1) is 11.6 Å². The molecule has 1 aliphatic rings. The molecule has 25 heavy (non-hydrogen) atoms. The van der Waals surface area contributed by atoms with Crippen molar-refractivity contribution < 1.29 is 18.7 Å². The zero-order valence-electron chi connectivity index (χ0n) is 13.8. The molecule has 1 heterocycles. The lowest BCUT2D eigenvalue weighted by atomic mass is 10.1. The molecule has 2 aromatic carbocycles. The minimum absolute atomic E-state index is 0.292. The number of benzene rings is 2. The van der Waals surface area contributed by atoms with E-state index in [1.54, 1.807) is 18.2 Å². The van der Waals surface area contributed by atoms with Crippen molar-refractivity contribution in [3.05, 3.63) is 70.8 Å². The van der Waals surface area contributed by atoms with Crippen molar-refractivity contribution in [1.82, 2.24) is 9.80 Å². The van der Waals surface area contributed by atoms with Gasteiger partial charge in [0.1, 0.15) is 0 Å². The van der Waals surface area contributed by atoms with Crippen LogP contribution >= 0.6 is 0 Å². The van der Waals surface area contributed by atoms with Gasteiger partial charge in [0.05, 0.1) is 5.56 Å². The molecule has 0 saturated carbocycles. The topological polar surface area (TPSA) is 43.8 Å². The molecular weight excluding hydrogens is 326 g/mol. The van der Waals surface area contributed by atoms with Gasteiger partial charge in [-0.05, 0) is 35.4 Å². The number of aromatic carboxylic acids is 1. The lowest BCUT2D eigenvalue weighted by molar-refractivity contribution is 0.0697. The fourth-order valence-electron chi connectivity index (χ4n) is 3.01. The van der Waals surface area contributed by atoms with Gasteiger partial charge in [-0.15, -0.1) is 0 Å². The highest BCUT2D eigenvalue weighted by Gasteiger charge is 2.17. The van der Waals surface area contributed by atoms with Gasteiger partial charge in [0.2, 0.25) is 0 Å². The molecule has 0 radical (unpaired) electrons. The van der Waals surface area contributed by atoms with E-state index in [0.29, 0.717) is 12.1 Å². The number of carboxylic acid groups (broad SMARTS) is 1. The van der Waals surface area contributed by atoms with Gasteiger partial charge in [-0.1, -0.05) is 18.2 Å². The SMILES string of the molecule is O=C(O)c1ccc(CN2CCN(Cc3ccc(F)c(F)c3)CC2)cc1. The zero-order chi connectivity index (χ0) is 17.8. The molecule has 132 valence electrons. The molecule has 0 spiro atoms. The minimum Gasteiger partial charge on any atom is -0.478 e. The van der Waals surface area contributed by atoms with E-state index in [1.807, 2.05) is 12.1 Å². The van der Waals surface area contributed by atoms with Crippen molar-refractivity contribution in [2.24, 2.45) is 0 Å². The van der Waals surface area contributed by atoms with Crippen LogP contribution in [0.4, 0.5) is 8.78 Å². The first-order valence-electron chi connectivity index (χ1n) is 8.22. The Bertz CT molecular complexity index is 742. The van der Waals surface area contributed by atoms with E-state index in [4.69, 9.17) is 5.11 Å². The van der Waals surface area contributed by atoms with Crippen LogP contribution in [0.25, 0.3) is 0 Å². The fourth-order valence-corrected chi connectivity index (χ4v) is 3.01. The number of carbonyl (C=O) groups is 1. The fraction of sp³-hybridized carbons (Fsp3) is 0.316. The van der Waals surface area contributed by atoms with Crippen LogP contribution < -0.4 is 0 Å². The molecule has 4 nitrogen and oxygen atoms in total. The molecule has 0 aliphatic carbocycles. The summed E-state index contributed by atoms with van der Waals surface area (Å²) >= 11 is 0. The predicted molar refractivity (Wildman–Crippen MR) is 90.3 cm³/mol. The Balaban J connectivity index is 1.49. The van der Waals surface area contributed by atoms with Crippen LogP contribution in [0.2, 0.25) is 0 Å². The highest BCUT2D eigenvalue weighted by molar-refractivity contribution is 5.87. The third kappa shape index (κ3) is 4.61. The molecule has 6 heteroatoms. The number of halogens is 2. The molecule has 2 aromatic rings. The van der Waals surface area contributed by atoms with E-state index < -0.39 is 17.6 Å². The number of hydrogen-bond acceptors (Lipinski definition) is 3. The van der Waals surface area contributed by atoms with Crippen LogP contribution in [0.5, 0.6) is 0 Å². The maximum atomic E-state index is 13.3. The molecule has 0 amide bonds. The van der Waals surface area contributed by atoms with Crippen LogP contribution in [-0.2, 0) is 13.1 Å². The highest BCUT2D eigenvalue weighted by Crippen LogP contribution is 2.14. The molecule has 3 rings (SSSR count). The molecule has 1 N–H and O–H groups in total. The highest BCUT2D eigenvalue weighted by atomic mass is 19.2. The van der Waals surface area contributed by atoms with Gasteiger partial charge in [-0.2, -0.15) is 0 Å². The summed E-state index contributed by atoms with van der Waals surface area (Å²) in [5, 5.41) is 8.92. The van der Waals surface area contributed by atoms with Crippen LogP contribution in [0.15, 0.2) is 42.5 Å². The van der Waals surface area contributed by atoms with Crippen molar-refractivity contribution in [3.63, 3.8) is 0 Å². The van der Waals surface area contributed by atoms with Gasteiger partial charge < -0.3 is 5.11 Å². The van der Waals surface area contributed by atoms with Gasteiger partial charge >= 0.3 is 5.97 Å². The summed E-state index contributed by atoms with van der Waals surface area (Å²) in [4.78, 5) is 15.4. The maximum absolute atomic E-state index is 13.3. The quantitative estimate of drug-likeness (QED) is 0.904. The Morgan fingerprint density at radius 1 is 0.840 bits per heavy atom. The molecule has 1 saturated heterocycles. The maximum Gasteiger partial charge on any atom is 0.335 e. The van der Waals surface area contributed by atoms with Crippen LogP contribution in [0.1, 0.15) is 21.5 Å². The van der Waals surface area contributed by atoms with E-state index in [9.17, 15) is 13.6 Å². The molecule has 0 atom stereocenters. The van der Waals surface area contributed by atoms with E-state index in [1.165, 1.54) is 12.1 Å². The summed E-state index contributed by atoms with van der Waals surface area (Å²) in [7, 11) is 0. The Morgan fingerprint density at radius 2 is 1.36 bits per heavy atom. The minimum atomic E-state index is -0.919. The standard InChI is InChI=1S/C19H20F2N2O2/c20-17-6-3-15(11-18(17)21)13-23-9-7-22(8-10-23)12-14-1-4-16(5-2-14)19(24)25/h1-6,11H,7-10,12-13H2,(H,24,25). The second-order valence-electron chi connectivity index (χ2n) is 6.30. The van der Waals surface area contributed by atoms with Crippen molar-refractivity contribution in [2.45, 2.75) is 13.1 Å². The first kappa shape index (κ1) is 17.5. The van der Waals surface area contributed by atoms with E-state index in [2.05, 4.69) is 9.80 Å². The zero-order valence-corrected chi connectivity index (χ0v) is 13.8. The number of carboxylic acids is 1. The molecule has 1 aliphatic heterocycles. The Labute approximate surface area is 145 Å². The summed E-state index contributed by atoms with van der Waals surface area (Å²) in [5.74, 6) is -2.54. The van der Waals surface area contributed by atoms with Crippen molar-refractivity contribution >= 4 is 5.97 Å². The van der Waals surface area contributed by atoms with Crippen molar-refractivity contribution in [2.75, 3.05) is 26.2 Å². The van der Waals surface area contributed by atoms with Crippen LogP contribution in [0.3, 0.4) is 0 Å². The largest absolute Gasteiger partial charge is 0.478 e. The molecule has 0 aromatic heterocycles. The lowest BCUT2D eigenvalue weighted by Crippen LogP contribution is -2.45. The third-order valence-corrected chi connectivity index (χ3v) is 4.46. The van der Waals surface area contributed by atoms with E-state index in [-0.39, 0.29) is 0 Å². The summed E-state index contributed by atoms with van der Waals surface area (Å²) in [6.07, 6.45) is 0. The number of nitrogens with zero attached hydrogens (tertiary/aromatic N) is 2. The smallest absolute Gasteiger partial charge is 0.335 e. The van der Waals surface area contributed by atoms with Crippen molar-refractivity contribution in [1.29, 1.82) is 0 Å². The molecule has 1 fully saturated rings. The Hall–Kier alpha value is -2.31. The van der Waals surface area contributed by atoms with Gasteiger partial charge in [0.15, 0.2) is 11.6 Å². The molecular formula is C19H20F2N2O2. The number of rotatable bonds is 5. The first-order chi connectivity index (χ1) is 12.0. The second-order valence-corrected chi connectivity index (χ2v) is 6.30. The van der Waals surface area contributed by atoms with Gasteiger partial charge in [0, 0.05) is 39.3 Å².